The Morgan fingerprint density at radius 1 is 1.35 bits per heavy atom. The molecule has 1 N–H and O–H groups in total. The zero-order valence-electron chi connectivity index (χ0n) is 12.2. The van der Waals surface area contributed by atoms with Gasteiger partial charge in [-0.15, -0.1) is 0 Å². The SMILES string of the molecule is CC(=O)C(NC(=O)COc1ccc(Br)c(C)c1)C(C)C. The van der Waals surface area contributed by atoms with E-state index in [0.29, 0.717) is 5.75 Å². The molecule has 1 aromatic rings. The molecule has 0 saturated carbocycles. The number of nitrogens with one attached hydrogen (secondary N) is 1. The van der Waals surface area contributed by atoms with Crippen LogP contribution in [-0.4, -0.2) is 24.3 Å². The van der Waals surface area contributed by atoms with Crippen LogP contribution in [0.3, 0.4) is 0 Å². The van der Waals surface area contributed by atoms with Gasteiger partial charge in [-0.1, -0.05) is 29.8 Å². The fourth-order valence-corrected chi connectivity index (χ4v) is 2.06. The van der Waals surface area contributed by atoms with Gasteiger partial charge in [0.25, 0.3) is 5.91 Å². The van der Waals surface area contributed by atoms with Crippen LogP contribution in [0.15, 0.2) is 22.7 Å². The predicted molar refractivity (Wildman–Crippen MR) is 81.8 cm³/mol. The number of ketones is 1. The van der Waals surface area contributed by atoms with Gasteiger partial charge in [-0.05, 0) is 43.5 Å². The summed E-state index contributed by atoms with van der Waals surface area (Å²) < 4.78 is 6.41. The van der Waals surface area contributed by atoms with E-state index in [1.807, 2.05) is 32.9 Å². The molecule has 0 heterocycles. The third-order valence-corrected chi connectivity index (χ3v) is 3.81. The summed E-state index contributed by atoms with van der Waals surface area (Å²) in [5.74, 6) is 0.350. The molecule has 1 atom stereocenters. The molecule has 0 fully saturated rings. The lowest BCUT2D eigenvalue weighted by Crippen LogP contribution is -2.45. The van der Waals surface area contributed by atoms with Crippen LogP contribution in [0, 0.1) is 12.8 Å². The quantitative estimate of drug-likeness (QED) is 0.865. The van der Waals surface area contributed by atoms with Crippen molar-refractivity contribution in [1.82, 2.24) is 5.32 Å². The van der Waals surface area contributed by atoms with Crippen molar-refractivity contribution in [2.75, 3.05) is 6.61 Å². The number of aryl methyl sites for hydroxylation is 1. The Hall–Kier alpha value is -1.36. The lowest BCUT2D eigenvalue weighted by molar-refractivity contribution is -0.129. The average Bonchev–Trinajstić information content (AvgIpc) is 2.36. The zero-order chi connectivity index (χ0) is 15.3. The summed E-state index contributed by atoms with van der Waals surface area (Å²) in [5.41, 5.74) is 1.03. The van der Waals surface area contributed by atoms with Gasteiger partial charge in [0.2, 0.25) is 0 Å². The summed E-state index contributed by atoms with van der Waals surface area (Å²) in [7, 11) is 0. The highest BCUT2D eigenvalue weighted by molar-refractivity contribution is 9.10. The maximum Gasteiger partial charge on any atom is 0.258 e. The fraction of sp³-hybridized carbons (Fsp3) is 0.467. The number of amides is 1. The van der Waals surface area contributed by atoms with Crippen LogP contribution in [0.4, 0.5) is 0 Å². The van der Waals surface area contributed by atoms with E-state index < -0.39 is 6.04 Å². The average molecular weight is 342 g/mol. The lowest BCUT2D eigenvalue weighted by atomic mass is 10.0. The molecule has 0 spiro atoms. The molecule has 0 radical (unpaired) electrons. The van der Waals surface area contributed by atoms with Gasteiger partial charge >= 0.3 is 0 Å². The van der Waals surface area contributed by atoms with E-state index in [0.717, 1.165) is 10.0 Å². The molecular formula is C15H20BrNO3. The third kappa shape index (κ3) is 4.96. The van der Waals surface area contributed by atoms with Crippen molar-refractivity contribution in [3.05, 3.63) is 28.2 Å². The Balaban J connectivity index is 2.54. The number of hydrogen-bond donors (Lipinski definition) is 1. The Labute approximate surface area is 128 Å². The number of carbonyl (C=O) groups is 2. The molecule has 0 aliphatic carbocycles. The van der Waals surface area contributed by atoms with Crippen molar-refractivity contribution in [3.8, 4) is 5.75 Å². The van der Waals surface area contributed by atoms with Crippen molar-refractivity contribution in [3.63, 3.8) is 0 Å². The number of carbonyl (C=O) groups excluding carboxylic acids is 2. The van der Waals surface area contributed by atoms with E-state index in [1.54, 1.807) is 6.07 Å². The summed E-state index contributed by atoms with van der Waals surface area (Å²) in [6.45, 7) is 7.11. The molecule has 0 bridgehead atoms. The lowest BCUT2D eigenvalue weighted by Gasteiger charge is -2.19. The molecule has 0 aromatic heterocycles. The molecule has 110 valence electrons. The second-order valence-electron chi connectivity index (χ2n) is 5.10. The van der Waals surface area contributed by atoms with Crippen LogP contribution in [0.1, 0.15) is 26.3 Å². The van der Waals surface area contributed by atoms with Gasteiger partial charge < -0.3 is 10.1 Å². The normalized spacial score (nSPS) is 12.1. The van der Waals surface area contributed by atoms with Crippen LogP contribution in [0.2, 0.25) is 0 Å². The second-order valence-corrected chi connectivity index (χ2v) is 5.95. The molecule has 0 aliphatic rings. The standard InChI is InChI=1S/C15H20BrNO3/c1-9(2)15(11(4)18)17-14(19)8-20-12-5-6-13(16)10(3)7-12/h5-7,9,15H,8H2,1-4H3,(H,17,19). The summed E-state index contributed by atoms with van der Waals surface area (Å²) in [5, 5.41) is 2.69. The first kappa shape index (κ1) is 16.7. The largest absolute Gasteiger partial charge is 0.484 e. The fourth-order valence-electron chi connectivity index (χ4n) is 1.81. The highest BCUT2D eigenvalue weighted by Gasteiger charge is 2.20. The summed E-state index contributed by atoms with van der Waals surface area (Å²) >= 11 is 3.40. The molecule has 20 heavy (non-hydrogen) atoms. The van der Waals surface area contributed by atoms with E-state index in [2.05, 4.69) is 21.2 Å². The van der Waals surface area contributed by atoms with E-state index >= 15 is 0 Å². The van der Waals surface area contributed by atoms with Crippen LogP contribution in [0.25, 0.3) is 0 Å². The molecule has 0 aliphatic heterocycles. The number of ether oxygens (including phenoxy) is 1. The van der Waals surface area contributed by atoms with Crippen LogP contribution < -0.4 is 10.1 Å². The molecule has 5 heteroatoms. The molecule has 1 unspecified atom stereocenters. The van der Waals surface area contributed by atoms with Crippen molar-refractivity contribution in [1.29, 1.82) is 0 Å². The first-order chi connectivity index (χ1) is 9.31. The van der Waals surface area contributed by atoms with E-state index in [1.165, 1.54) is 6.92 Å². The molecule has 1 amide bonds. The van der Waals surface area contributed by atoms with Gasteiger partial charge in [-0.2, -0.15) is 0 Å². The minimum atomic E-state index is -0.460. The van der Waals surface area contributed by atoms with Gasteiger partial charge in [-0.25, -0.2) is 0 Å². The smallest absolute Gasteiger partial charge is 0.258 e. The zero-order valence-corrected chi connectivity index (χ0v) is 13.8. The summed E-state index contributed by atoms with van der Waals surface area (Å²) in [6, 6.07) is 5.05. The highest BCUT2D eigenvalue weighted by atomic mass is 79.9. The number of halogens is 1. The van der Waals surface area contributed by atoms with Crippen LogP contribution in [-0.2, 0) is 9.59 Å². The van der Waals surface area contributed by atoms with Crippen molar-refractivity contribution in [2.24, 2.45) is 5.92 Å². The Bertz CT molecular complexity index is 500. The van der Waals surface area contributed by atoms with Crippen molar-refractivity contribution < 1.29 is 14.3 Å². The van der Waals surface area contributed by atoms with E-state index in [4.69, 9.17) is 4.74 Å². The topological polar surface area (TPSA) is 55.4 Å². The Kier molecular flexibility index (Phi) is 6.20. The van der Waals surface area contributed by atoms with Gasteiger partial charge in [0.05, 0.1) is 6.04 Å². The van der Waals surface area contributed by atoms with E-state index in [9.17, 15) is 9.59 Å². The Morgan fingerprint density at radius 3 is 2.50 bits per heavy atom. The number of Topliss-reactive ketones (excluding diaryl/α,β-unsaturated/α-hetero) is 1. The van der Waals surface area contributed by atoms with Crippen molar-refractivity contribution in [2.45, 2.75) is 33.7 Å². The number of benzene rings is 1. The predicted octanol–water partition coefficient (Wildman–Crippen LogP) is 2.87. The van der Waals surface area contributed by atoms with E-state index in [-0.39, 0.29) is 24.2 Å². The van der Waals surface area contributed by atoms with Gasteiger partial charge in [0.1, 0.15) is 5.75 Å². The van der Waals surface area contributed by atoms with Gasteiger partial charge in [0, 0.05) is 4.47 Å². The molecule has 1 rings (SSSR count). The highest BCUT2D eigenvalue weighted by Crippen LogP contribution is 2.21. The van der Waals surface area contributed by atoms with Gasteiger partial charge in [-0.3, -0.25) is 9.59 Å². The van der Waals surface area contributed by atoms with Gasteiger partial charge in [0.15, 0.2) is 12.4 Å². The second kappa shape index (κ2) is 7.43. The van der Waals surface area contributed by atoms with Crippen LogP contribution in [0.5, 0.6) is 5.75 Å². The molecule has 0 saturated heterocycles. The number of hydrogen-bond acceptors (Lipinski definition) is 3. The third-order valence-electron chi connectivity index (χ3n) is 2.92. The monoisotopic (exact) mass is 341 g/mol. The first-order valence-corrected chi connectivity index (χ1v) is 7.29. The van der Waals surface area contributed by atoms with Crippen LogP contribution >= 0.6 is 15.9 Å². The molecule has 4 nitrogen and oxygen atoms in total. The minimum Gasteiger partial charge on any atom is -0.484 e. The summed E-state index contributed by atoms with van der Waals surface area (Å²) in [4.78, 5) is 23.2. The first-order valence-electron chi connectivity index (χ1n) is 6.50. The van der Waals surface area contributed by atoms with Crippen molar-refractivity contribution >= 4 is 27.6 Å². The minimum absolute atomic E-state index is 0.0483. The molecule has 1 aromatic carbocycles. The summed E-state index contributed by atoms with van der Waals surface area (Å²) in [6.07, 6.45) is 0. The molecular weight excluding hydrogens is 322 g/mol. The maximum atomic E-state index is 11.8. The number of rotatable bonds is 6. The Morgan fingerprint density at radius 2 is 2.00 bits per heavy atom. The maximum absolute atomic E-state index is 11.8.